The van der Waals surface area contributed by atoms with Gasteiger partial charge in [0.2, 0.25) is 0 Å². The summed E-state index contributed by atoms with van der Waals surface area (Å²) in [5, 5.41) is 2.25. The molecule has 0 spiro atoms. The Bertz CT molecular complexity index is 1380. The molecule has 1 aliphatic rings. The van der Waals surface area contributed by atoms with Gasteiger partial charge < -0.3 is 9.26 Å². The molecule has 4 aromatic carbocycles. The van der Waals surface area contributed by atoms with Gasteiger partial charge in [-0.05, 0) is 41.4 Å². The van der Waals surface area contributed by atoms with Gasteiger partial charge in [0.25, 0.3) is 0 Å². The minimum atomic E-state index is -1.12. The third-order valence-corrected chi connectivity index (χ3v) is 10.5. The molecule has 0 aromatic heterocycles. The molecule has 0 aliphatic heterocycles. The summed E-state index contributed by atoms with van der Waals surface area (Å²) in [6.07, 6.45) is 5.97. The average molecular weight is 577 g/mol. The van der Waals surface area contributed by atoms with Crippen molar-refractivity contribution in [1.82, 2.24) is 0 Å². The van der Waals surface area contributed by atoms with Crippen LogP contribution in [0.3, 0.4) is 0 Å². The number of hydrogen-bond acceptors (Lipinski definition) is 3. The maximum Gasteiger partial charge on any atom is 0.330 e. The van der Waals surface area contributed by atoms with Gasteiger partial charge in [-0.25, -0.2) is 4.79 Å². The number of benzene rings is 4. The van der Waals surface area contributed by atoms with Gasteiger partial charge in [-0.3, -0.25) is 0 Å². The highest BCUT2D eigenvalue weighted by Gasteiger charge is 2.41. The van der Waals surface area contributed by atoms with Crippen LogP contribution in [0.4, 0.5) is 0 Å². The van der Waals surface area contributed by atoms with Gasteiger partial charge in [0.15, 0.2) is 0 Å². The lowest BCUT2D eigenvalue weighted by Gasteiger charge is -2.43. The summed E-state index contributed by atoms with van der Waals surface area (Å²) in [6, 6.07) is 41.4. The number of carbonyl (C=O) groups is 1. The van der Waals surface area contributed by atoms with Gasteiger partial charge in [-0.1, -0.05) is 149 Å². The maximum absolute atomic E-state index is 13.4. The van der Waals surface area contributed by atoms with Crippen molar-refractivity contribution in [2.75, 3.05) is 0 Å². The standard InChI is InChI=1S/C38H41O3P/c1-29-24-25-34(38(2,3)31-18-10-5-11-19-31)36(28-29)40-37(39)27-26-35(30-16-8-4-9-17-30)41-42(32-20-12-6-13-21-32)33-22-14-7-15-23-33/h4-23,26-27,29,34-36H,24-25,28H2,1-3H3/b27-26-/t29-,34-,35+,36-/m1/s1. The molecule has 3 nitrogen and oxygen atoms in total. The third kappa shape index (κ3) is 7.46. The van der Waals surface area contributed by atoms with Gasteiger partial charge >= 0.3 is 5.97 Å². The van der Waals surface area contributed by atoms with E-state index >= 15 is 0 Å². The van der Waals surface area contributed by atoms with Crippen molar-refractivity contribution >= 4 is 24.7 Å². The fourth-order valence-corrected chi connectivity index (χ4v) is 7.93. The summed E-state index contributed by atoms with van der Waals surface area (Å²) in [7, 11) is -1.12. The van der Waals surface area contributed by atoms with E-state index in [0.29, 0.717) is 5.92 Å². The minimum absolute atomic E-state index is 0.104. The number of ether oxygens (including phenoxy) is 1. The van der Waals surface area contributed by atoms with Gasteiger partial charge in [0.05, 0.1) is 8.15 Å². The van der Waals surface area contributed by atoms with Gasteiger partial charge in [0.1, 0.15) is 12.2 Å². The first-order valence-electron chi connectivity index (χ1n) is 15.0. The van der Waals surface area contributed by atoms with Crippen molar-refractivity contribution in [3.63, 3.8) is 0 Å². The molecule has 1 aliphatic carbocycles. The van der Waals surface area contributed by atoms with Crippen molar-refractivity contribution in [2.24, 2.45) is 11.8 Å². The number of esters is 1. The van der Waals surface area contributed by atoms with E-state index in [-0.39, 0.29) is 23.4 Å². The Morgan fingerprint density at radius 2 is 1.31 bits per heavy atom. The smallest absolute Gasteiger partial charge is 0.330 e. The van der Waals surface area contributed by atoms with E-state index in [1.807, 2.05) is 72.8 Å². The SMILES string of the molecule is C[C@@H]1CC[C@@H](C(C)(C)c2ccccc2)[C@H](OC(=O)/C=C\[C@H](OP(c2ccccc2)c2ccccc2)c2ccccc2)C1. The molecule has 4 heteroatoms. The molecule has 5 rings (SSSR count). The Morgan fingerprint density at radius 1 is 0.786 bits per heavy atom. The molecule has 0 unspecified atom stereocenters. The highest BCUT2D eigenvalue weighted by atomic mass is 31.1. The Morgan fingerprint density at radius 3 is 1.88 bits per heavy atom. The molecule has 216 valence electrons. The maximum atomic E-state index is 13.4. The lowest BCUT2D eigenvalue weighted by molar-refractivity contribution is -0.150. The second-order valence-electron chi connectivity index (χ2n) is 11.8. The minimum Gasteiger partial charge on any atom is -0.459 e. The number of carbonyl (C=O) groups excluding carboxylic acids is 1. The molecule has 1 saturated carbocycles. The van der Waals surface area contributed by atoms with Crippen LogP contribution in [0, 0.1) is 11.8 Å². The lowest BCUT2D eigenvalue weighted by atomic mass is 9.64. The van der Waals surface area contributed by atoms with Crippen LogP contribution in [-0.4, -0.2) is 12.1 Å². The fraction of sp³-hybridized carbons (Fsp3) is 0.289. The van der Waals surface area contributed by atoms with E-state index in [9.17, 15) is 4.79 Å². The predicted octanol–water partition coefficient (Wildman–Crippen LogP) is 8.67. The van der Waals surface area contributed by atoms with Crippen LogP contribution in [0.25, 0.3) is 0 Å². The third-order valence-electron chi connectivity index (χ3n) is 8.50. The molecule has 0 bridgehead atoms. The molecular weight excluding hydrogens is 535 g/mol. The molecule has 0 N–H and O–H groups in total. The Balaban J connectivity index is 1.38. The fourth-order valence-electron chi connectivity index (χ4n) is 6.08. The molecule has 1 fully saturated rings. The summed E-state index contributed by atoms with van der Waals surface area (Å²) in [5.41, 5.74) is 2.18. The largest absolute Gasteiger partial charge is 0.459 e. The molecule has 0 heterocycles. The van der Waals surface area contributed by atoms with Gasteiger partial charge in [0, 0.05) is 22.6 Å². The Labute approximate surface area is 252 Å². The topological polar surface area (TPSA) is 35.5 Å². The highest BCUT2D eigenvalue weighted by molar-refractivity contribution is 7.68. The quantitative estimate of drug-likeness (QED) is 0.108. The Hall–Kier alpha value is -3.52. The number of hydrogen-bond donors (Lipinski definition) is 0. The van der Waals surface area contributed by atoms with Crippen LogP contribution in [0.5, 0.6) is 0 Å². The molecule has 0 radical (unpaired) electrons. The monoisotopic (exact) mass is 576 g/mol. The first-order valence-corrected chi connectivity index (χ1v) is 16.2. The summed E-state index contributed by atoms with van der Waals surface area (Å²) >= 11 is 0. The molecule has 0 amide bonds. The van der Waals surface area contributed by atoms with Crippen LogP contribution in [-0.2, 0) is 19.5 Å². The first kappa shape index (κ1) is 30.0. The first-order chi connectivity index (χ1) is 20.4. The Kier molecular flexibility index (Phi) is 10.1. The summed E-state index contributed by atoms with van der Waals surface area (Å²) in [4.78, 5) is 13.4. The molecular formula is C38H41O3P. The lowest BCUT2D eigenvalue weighted by Crippen LogP contribution is -2.43. The summed E-state index contributed by atoms with van der Waals surface area (Å²) < 4.78 is 13.1. The van der Waals surface area contributed by atoms with E-state index in [1.165, 1.54) is 5.56 Å². The van der Waals surface area contributed by atoms with E-state index in [4.69, 9.17) is 9.26 Å². The molecule has 0 saturated heterocycles. The van der Waals surface area contributed by atoms with Crippen molar-refractivity contribution in [1.29, 1.82) is 0 Å². The zero-order valence-corrected chi connectivity index (χ0v) is 25.7. The van der Waals surface area contributed by atoms with Crippen molar-refractivity contribution in [3.8, 4) is 0 Å². The molecule has 4 aromatic rings. The summed E-state index contributed by atoms with van der Waals surface area (Å²) in [6.45, 7) is 6.83. The van der Waals surface area contributed by atoms with Crippen molar-refractivity contribution in [2.45, 2.75) is 57.7 Å². The molecule has 4 atom stereocenters. The number of rotatable bonds is 10. The van der Waals surface area contributed by atoms with Crippen LogP contribution >= 0.6 is 8.15 Å². The van der Waals surface area contributed by atoms with Crippen LogP contribution in [0.2, 0.25) is 0 Å². The van der Waals surface area contributed by atoms with Crippen molar-refractivity contribution < 1.29 is 14.1 Å². The molecule has 42 heavy (non-hydrogen) atoms. The van der Waals surface area contributed by atoms with E-state index in [0.717, 1.165) is 35.4 Å². The second-order valence-corrected chi connectivity index (χ2v) is 13.7. The second kappa shape index (κ2) is 14.1. The van der Waals surface area contributed by atoms with E-state index in [2.05, 4.69) is 75.4 Å². The van der Waals surface area contributed by atoms with Crippen molar-refractivity contribution in [3.05, 3.63) is 145 Å². The van der Waals surface area contributed by atoms with Gasteiger partial charge in [-0.15, -0.1) is 0 Å². The normalized spacial score (nSPS) is 20.0. The van der Waals surface area contributed by atoms with Crippen LogP contribution in [0.1, 0.15) is 57.3 Å². The van der Waals surface area contributed by atoms with E-state index in [1.54, 1.807) is 6.08 Å². The predicted molar refractivity (Wildman–Crippen MR) is 174 cm³/mol. The van der Waals surface area contributed by atoms with Gasteiger partial charge in [-0.2, -0.15) is 0 Å². The summed E-state index contributed by atoms with van der Waals surface area (Å²) in [5.74, 6) is 0.463. The van der Waals surface area contributed by atoms with Crippen LogP contribution < -0.4 is 10.6 Å². The van der Waals surface area contributed by atoms with Crippen LogP contribution in [0.15, 0.2) is 133 Å². The highest BCUT2D eigenvalue weighted by Crippen LogP contribution is 2.44. The average Bonchev–Trinajstić information content (AvgIpc) is 3.03. The van der Waals surface area contributed by atoms with E-state index < -0.39 is 14.3 Å². The zero-order chi connectivity index (χ0) is 29.4. The zero-order valence-electron chi connectivity index (χ0n) is 24.8.